The molecule has 2 aromatic rings. The van der Waals surface area contributed by atoms with Gasteiger partial charge in [-0.2, -0.15) is 0 Å². The summed E-state index contributed by atoms with van der Waals surface area (Å²) in [4.78, 5) is 8.01. The Morgan fingerprint density at radius 2 is 2.05 bits per heavy atom. The molecule has 0 radical (unpaired) electrons. The number of benzene rings is 1. The molecule has 2 heterocycles. The lowest BCUT2D eigenvalue weighted by Gasteiger charge is -2.18. The predicted octanol–water partition coefficient (Wildman–Crippen LogP) is 3.83. The average molecular weight is 269 g/mol. The Morgan fingerprint density at radius 3 is 2.95 bits per heavy atom. The molecular formula is C17H23N3. The summed E-state index contributed by atoms with van der Waals surface area (Å²) in [5.74, 6) is 1.39. The number of fused-ring (bicyclic) bond motifs is 4. The Hall–Kier alpha value is -1.61. The van der Waals surface area contributed by atoms with Gasteiger partial charge in [-0.3, -0.25) is 0 Å². The molecule has 3 nitrogen and oxygen atoms in total. The molecule has 3 heteroatoms. The second kappa shape index (κ2) is 5.80. The van der Waals surface area contributed by atoms with Gasteiger partial charge in [-0.25, -0.2) is 4.98 Å². The largest absolute Gasteiger partial charge is 0.347 e. The molecule has 1 aliphatic heterocycles. The number of nitrogens with zero attached hydrogens (tertiary/aromatic N) is 1. The summed E-state index contributed by atoms with van der Waals surface area (Å²) in [5.41, 5.74) is 10.0. The molecule has 0 fully saturated rings. The van der Waals surface area contributed by atoms with E-state index >= 15 is 0 Å². The smallest absolute Gasteiger partial charge is 0.124 e. The van der Waals surface area contributed by atoms with Crippen LogP contribution in [0.2, 0.25) is 0 Å². The first-order valence-electron chi connectivity index (χ1n) is 7.65. The summed E-state index contributed by atoms with van der Waals surface area (Å²) < 4.78 is 0. The van der Waals surface area contributed by atoms with Crippen molar-refractivity contribution in [1.82, 2.24) is 9.97 Å². The number of aromatic amines is 1. The number of nitrogens with one attached hydrogen (secondary N) is 1. The summed E-state index contributed by atoms with van der Waals surface area (Å²) in [6.45, 7) is 2.23. The van der Waals surface area contributed by atoms with Gasteiger partial charge in [0.15, 0.2) is 0 Å². The number of hydrogen-bond acceptors (Lipinski definition) is 2. The molecule has 0 saturated heterocycles. The van der Waals surface area contributed by atoms with Gasteiger partial charge < -0.3 is 10.7 Å². The molecule has 1 aromatic heterocycles. The van der Waals surface area contributed by atoms with Crippen LogP contribution >= 0.6 is 0 Å². The number of H-pyrrole nitrogens is 1. The molecule has 1 aliphatic rings. The summed E-state index contributed by atoms with van der Waals surface area (Å²) in [6.07, 6.45) is 8.10. The van der Waals surface area contributed by atoms with Crippen LogP contribution in [0.1, 0.15) is 50.0 Å². The molecule has 2 unspecified atom stereocenters. The summed E-state index contributed by atoms with van der Waals surface area (Å²) >= 11 is 0. The van der Waals surface area contributed by atoms with Crippen LogP contribution in [0.3, 0.4) is 0 Å². The molecule has 3 rings (SSSR count). The quantitative estimate of drug-likeness (QED) is 0.763. The van der Waals surface area contributed by atoms with E-state index < -0.39 is 0 Å². The lowest BCUT2D eigenvalue weighted by Crippen LogP contribution is -2.20. The topological polar surface area (TPSA) is 54.7 Å². The Labute approximate surface area is 120 Å². The maximum atomic E-state index is 6.33. The lowest BCUT2D eigenvalue weighted by atomic mass is 9.93. The van der Waals surface area contributed by atoms with Crippen LogP contribution in [-0.4, -0.2) is 9.97 Å². The van der Waals surface area contributed by atoms with Crippen LogP contribution in [0.5, 0.6) is 0 Å². The molecule has 1 aromatic carbocycles. The molecule has 3 N–H and O–H groups in total. The molecule has 0 saturated carbocycles. The first kappa shape index (κ1) is 13.4. The SMILES string of the molecule is CC1CCCCCc2ccccc2-c2c[nH]c(n2)C1N. The van der Waals surface area contributed by atoms with Crippen LogP contribution in [0, 0.1) is 5.92 Å². The van der Waals surface area contributed by atoms with Crippen molar-refractivity contribution in [3.63, 3.8) is 0 Å². The zero-order valence-corrected chi connectivity index (χ0v) is 12.1. The van der Waals surface area contributed by atoms with Crippen molar-refractivity contribution in [1.29, 1.82) is 0 Å². The van der Waals surface area contributed by atoms with E-state index in [1.807, 2.05) is 6.20 Å². The first-order valence-corrected chi connectivity index (χ1v) is 7.65. The van der Waals surface area contributed by atoms with Crippen LogP contribution in [0.15, 0.2) is 30.5 Å². The number of rotatable bonds is 0. The minimum Gasteiger partial charge on any atom is -0.347 e. The van der Waals surface area contributed by atoms with Gasteiger partial charge in [-0.1, -0.05) is 44.0 Å². The third kappa shape index (κ3) is 2.63. The predicted molar refractivity (Wildman–Crippen MR) is 82.3 cm³/mol. The van der Waals surface area contributed by atoms with Crippen LogP contribution in [-0.2, 0) is 6.42 Å². The lowest BCUT2D eigenvalue weighted by molar-refractivity contribution is 0.405. The first-order chi connectivity index (χ1) is 9.75. The van der Waals surface area contributed by atoms with Gasteiger partial charge in [0.25, 0.3) is 0 Å². The van der Waals surface area contributed by atoms with Crippen molar-refractivity contribution in [2.75, 3.05) is 0 Å². The van der Waals surface area contributed by atoms with Crippen molar-refractivity contribution in [2.45, 2.75) is 45.1 Å². The highest BCUT2D eigenvalue weighted by Crippen LogP contribution is 2.28. The third-order valence-corrected chi connectivity index (χ3v) is 4.43. The number of hydrogen-bond donors (Lipinski definition) is 2. The minimum atomic E-state index is 0.00957. The van der Waals surface area contributed by atoms with E-state index in [1.165, 1.54) is 36.8 Å². The molecule has 0 amide bonds. The summed E-state index contributed by atoms with van der Waals surface area (Å²) in [5, 5.41) is 0. The van der Waals surface area contributed by atoms with Crippen molar-refractivity contribution in [3.05, 3.63) is 41.9 Å². The minimum absolute atomic E-state index is 0.00957. The monoisotopic (exact) mass is 269 g/mol. The van der Waals surface area contributed by atoms with E-state index in [1.54, 1.807) is 0 Å². The molecule has 2 bridgehead atoms. The third-order valence-electron chi connectivity index (χ3n) is 4.43. The molecule has 0 spiro atoms. The Morgan fingerprint density at radius 1 is 1.20 bits per heavy atom. The van der Waals surface area contributed by atoms with E-state index in [9.17, 15) is 0 Å². The van der Waals surface area contributed by atoms with Crippen molar-refractivity contribution >= 4 is 0 Å². The zero-order chi connectivity index (χ0) is 13.9. The van der Waals surface area contributed by atoms with E-state index in [0.717, 1.165) is 17.9 Å². The van der Waals surface area contributed by atoms with Crippen LogP contribution in [0.25, 0.3) is 11.3 Å². The Bertz CT molecular complexity index is 573. The van der Waals surface area contributed by atoms with Gasteiger partial charge in [-0.05, 0) is 30.7 Å². The van der Waals surface area contributed by atoms with E-state index in [4.69, 9.17) is 10.7 Å². The van der Waals surface area contributed by atoms with Gasteiger partial charge in [0, 0.05) is 11.8 Å². The van der Waals surface area contributed by atoms with Crippen molar-refractivity contribution in [3.8, 4) is 11.3 Å². The fraction of sp³-hybridized carbons (Fsp3) is 0.471. The summed E-state index contributed by atoms with van der Waals surface area (Å²) in [7, 11) is 0. The summed E-state index contributed by atoms with van der Waals surface area (Å²) in [6, 6.07) is 8.59. The molecule has 20 heavy (non-hydrogen) atoms. The number of aromatic nitrogens is 2. The highest BCUT2D eigenvalue weighted by Gasteiger charge is 2.19. The van der Waals surface area contributed by atoms with Gasteiger partial charge in [0.2, 0.25) is 0 Å². The highest BCUT2D eigenvalue weighted by atomic mass is 15.0. The van der Waals surface area contributed by atoms with Gasteiger partial charge in [0.1, 0.15) is 5.82 Å². The number of aryl methyl sites for hydroxylation is 1. The number of nitrogens with two attached hydrogens (primary N) is 1. The van der Waals surface area contributed by atoms with Crippen molar-refractivity contribution in [2.24, 2.45) is 11.7 Å². The zero-order valence-electron chi connectivity index (χ0n) is 12.1. The van der Waals surface area contributed by atoms with Crippen LogP contribution < -0.4 is 5.73 Å². The molecular weight excluding hydrogens is 246 g/mol. The van der Waals surface area contributed by atoms with Gasteiger partial charge in [0.05, 0.1) is 11.7 Å². The Kier molecular flexibility index (Phi) is 3.88. The maximum absolute atomic E-state index is 6.33. The van der Waals surface area contributed by atoms with E-state index in [0.29, 0.717) is 5.92 Å². The fourth-order valence-electron chi connectivity index (χ4n) is 3.04. The van der Waals surface area contributed by atoms with E-state index in [2.05, 4.69) is 36.2 Å². The standard InChI is InChI=1S/C17H23N3/c1-12-7-3-2-4-8-13-9-5-6-10-14(13)15-11-19-17(20-15)16(12)18/h5-6,9-12,16H,2-4,7-8,18H2,1H3,(H,19,20). The molecule has 0 aliphatic carbocycles. The van der Waals surface area contributed by atoms with Gasteiger partial charge >= 0.3 is 0 Å². The second-order valence-corrected chi connectivity index (χ2v) is 5.93. The second-order valence-electron chi connectivity index (χ2n) is 5.93. The van der Waals surface area contributed by atoms with E-state index in [-0.39, 0.29) is 6.04 Å². The average Bonchev–Trinajstić information content (AvgIpc) is 2.95. The van der Waals surface area contributed by atoms with Crippen molar-refractivity contribution < 1.29 is 0 Å². The maximum Gasteiger partial charge on any atom is 0.124 e. The Balaban J connectivity index is 2.01. The number of imidazole rings is 1. The van der Waals surface area contributed by atoms with Crippen LogP contribution in [0.4, 0.5) is 0 Å². The normalized spacial score (nSPS) is 23.5. The molecule has 106 valence electrons. The highest BCUT2D eigenvalue weighted by molar-refractivity contribution is 5.63. The molecule has 2 atom stereocenters. The fourth-order valence-corrected chi connectivity index (χ4v) is 3.04. The van der Waals surface area contributed by atoms with Gasteiger partial charge in [-0.15, -0.1) is 0 Å².